The van der Waals surface area contributed by atoms with Crippen molar-refractivity contribution in [3.63, 3.8) is 0 Å². The molecule has 1 heterocycles. The molecule has 0 unspecified atom stereocenters. The highest BCUT2D eigenvalue weighted by Gasteiger charge is 2.06. The molecule has 104 valence electrons. The van der Waals surface area contributed by atoms with Gasteiger partial charge >= 0.3 is 0 Å². The molecule has 0 aliphatic rings. The summed E-state index contributed by atoms with van der Waals surface area (Å²) in [5, 5.41) is 8.90. The monoisotopic (exact) mass is 298 g/mol. The van der Waals surface area contributed by atoms with Crippen LogP contribution in [0, 0.1) is 11.5 Å². The van der Waals surface area contributed by atoms with Crippen LogP contribution in [-0.2, 0) is 12.3 Å². The Hall–Kier alpha value is -1.23. The Labute approximate surface area is 123 Å². The summed E-state index contributed by atoms with van der Waals surface area (Å²) in [6.45, 7) is 1.33. The van der Waals surface area contributed by atoms with Gasteiger partial charge in [-0.05, 0) is 38.4 Å². The van der Waals surface area contributed by atoms with E-state index in [0.29, 0.717) is 6.54 Å². The third-order valence-electron chi connectivity index (χ3n) is 2.28. The first-order valence-electron chi connectivity index (χ1n) is 5.79. The predicted molar refractivity (Wildman–Crippen MR) is 81.4 cm³/mol. The fourth-order valence-electron chi connectivity index (χ4n) is 1.43. The normalized spacial score (nSPS) is 10.4. The van der Waals surface area contributed by atoms with Crippen LogP contribution in [0.1, 0.15) is 11.5 Å². The van der Waals surface area contributed by atoms with Crippen LogP contribution in [0.15, 0.2) is 16.5 Å². The molecule has 1 rings (SSSR count). The Kier molecular flexibility index (Phi) is 6.70. The molecule has 0 fully saturated rings. The molecule has 1 aromatic heterocycles. The number of nitriles is 1. The van der Waals surface area contributed by atoms with Crippen molar-refractivity contribution < 1.29 is 4.42 Å². The summed E-state index contributed by atoms with van der Waals surface area (Å²) in [5.74, 6) is 3.46. The van der Waals surface area contributed by atoms with Gasteiger partial charge in [0.1, 0.15) is 11.5 Å². The van der Waals surface area contributed by atoms with E-state index in [9.17, 15) is 0 Å². The molecule has 0 aliphatic carbocycles. The van der Waals surface area contributed by atoms with Gasteiger partial charge in [-0.25, -0.2) is 0 Å². The summed E-state index contributed by atoms with van der Waals surface area (Å²) in [7, 11) is 4.01. The van der Waals surface area contributed by atoms with Crippen LogP contribution < -0.4 is 5.73 Å². The van der Waals surface area contributed by atoms with Crippen LogP contribution in [0.5, 0.6) is 0 Å². The molecule has 0 saturated heterocycles. The fourth-order valence-corrected chi connectivity index (χ4v) is 2.38. The second kappa shape index (κ2) is 8.04. The van der Waals surface area contributed by atoms with Gasteiger partial charge in [0, 0.05) is 12.3 Å². The molecular weight excluding hydrogens is 280 g/mol. The van der Waals surface area contributed by atoms with E-state index >= 15 is 0 Å². The lowest BCUT2D eigenvalue weighted by atomic mass is 10.4. The summed E-state index contributed by atoms with van der Waals surface area (Å²) >= 11 is 6.44. The fraction of sp³-hybridized carbons (Fsp3) is 0.500. The molecule has 2 N–H and O–H groups in total. The topological polar surface area (TPSA) is 69.4 Å². The van der Waals surface area contributed by atoms with Crippen molar-refractivity contribution in [1.29, 1.82) is 5.26 Å². The molecule has 0 saturated carbocycles. The quantitative estimate of drug-likeness (QED) is 0.355. The number of thiocarbonyl (C=S) groups is 1. The van der Waals surface area contributed by atoms with Crippen molar-refractivity contribution in [3.8, 4) is 6.19 Å². The maximum absolute atomic E-state index is 8.78. The highest BCUT2D eigenvalue weighted by Crippen LogP contribution is 2.16. The van der Waals surface area contributed by atoms with Gasteiger partial charge in [-0.2, -0.15) is 17.0 Å². The number of hydrogen-bond acceptors (Lipinski definition) is 5. The molecule has 0 atom stereocenters. The standard InChI is InChI=1S/C12H18N4OS2/c1-15(2)7-10-3-4-11(17-10)8-19-6-5-16(9-13)12(14)18/h3-4H,5-8H2,1-2H3,(H2,14,18). The van der Waals surface area contributed by atoms with Gasteiger partial charge in [0.25, 0.3) is 0 Å². The van der Waals surface area contributed by atoms with Crippen molar-refractivity contribution in [2.24, 2.45) is 5.73 Å². The zero-order valence-electron chi connectivity index (χ0n) is 11.1. The van der Waals surface area contributed by atoms with Crippen LogP contribution in [0.2, 0.25) is 0 Å². The van der Waals surface area contributed by atoms with Crippen LogP contribution >= 0.6 is 24.0 Å². The molecule has 0 aromatic carbocycles. The van der Waals surface area contributed by atoms with E-state index < -0.39 is 0 Å². The molecule has 0 aliphatic heterocycles. The second-order valence-electron chi connectivity index (χ2n) is 4.25. The van der Waals surface area contributed by atoms with Crippen molar-refractivity contribution in [3.05, 3.63) is 23.7 Å². The molecular formula is C12H18N4OS2. The lowest BCUT2D eigenvalue weighted by molar-refractivity contribution is 0.344. The van der Waals surface area contributed by atoms with E-state index in [1.165, 1.54) is 4.90 Å². The molecule has 0 bridgehead atoms. The van der Waals surface area contributed by atoms with Crippen molar-refractivity contribution in [2.75, 3.05) is 26.4 Å². The molecule has 1 aromatic rings. The number of nitrogens with two attached hydrogens (primary N) is 1. The summed E-state index contributed by atoms with van der Waals surface area (Å²) in [5.41, 5.74) is 5.39. The van der Waals surface area contributed by atoms with Crippen molar-refractivity contribution >= 4 is 29.1 Å². The zero-order chi connectivity index (χ0) is 14.3. The van der Waals surface area contributed by atoms with Crippen LogP contribution in [0.3, 0.4) is 0 Å². The first kappa shape index (κ1) is 15.8. The van der Waals surface area contributed by atoms with Gasteiger partial charge in [0.2, 0.25) is 0 Å². The maximum atomic E-state index is 8.78. The molecule has 19 heavy (non-hydrogen) atoms. The Morgan fingerprint density at radius 1 is 1.47 bits per heavy atom. The number of hydrogen-bond donors (Lipinski definition) is 1. The van der Waals surface area contributed by atoms with Crippen molar-refractivity contribution in [2.45, 2.75) is 12.3 Å². The summed E-state index contributed by atoms with van der Waals surface area (Å²) in [6, 6.07) is 3.98. The average molecular weight is 298 g/mol. The van der Waals surface area contributed by atoms with Crippen LogP contribution in [0.25, 0.3) is 0 Å². The number of thioether (sulfide) groups is 1. The van der Waals surface area contributed by atoms with Gasteiger partial charge in [-0.15, -0.1) is 0 Å². The third kappa shape index (κ3) is 5.96. The van der Waals surface area contributed by atoms with Crippen LogP contribution in [-0.4, -0.2) is 41.3 Å². The Morgan fingerprint density at radius 2 is 2.16 bits per heavy atom. The SMILES string of the molecule is CN(C)Cc1ccc(CSCCN(C#N)C(N)=S)o1. The summed E-state index contributed by atoms with van der Waals surface area (Å²) in [6.07, 6.45) is 1.95. The smallest absolute Gasteiger partial charge is 0.186 e. The average Bonchev–Trinajstić information content (AvgIpc) is 2.75. The number of rotatable bonds is 7. The van der Waals surface area contributed by atoms with E-state index in [1.54, 1.807) is 11.8 Å². The lowest BCUT2D eigenvalue weighted by Crippen LogP contribution is -2.32. The number of nitrogens with zero attached hydrogens (tertiary/aromatic N) is 3. The van der Waals surface area contributed by atoms with Gasteiger partial charge < -0.3 is 15.1 Å². The molecule has 0 spiro atoms. The predicted octanol–water partition coefficient (Wildman–Crippen LogP) is 1.60. The minimum absolute atomic E-state index is 0.120. The summed E-state index contributed by atoms with van der Waals surface area (Å²) in [4.78, 5) is 3.37. The zero-order valence-corrected chi connectivity index (χ0v) is 12.8. The molecule has 0 amide bonds. The first-order chi connectivity index (χ1) is 9.02. The Bertz CT molecular complexity index is 453. The molecule has 7 heteroatoms. The van der Waals surface area contributed by atoms with Gasteiger partial charge in [0.15, 0.2) is 11.3 Å². The molecule has 5 nitrogen and oxygen atoms in total. The van der Waals surface area contributed by atoms with E-state index in [4.69, 9.17) is 27.6 Å². The van der Waals surface area contributed by atoms with Gasteiger partial charge in [-0.3, -0.25) is 4.90 Å². The van der Waals surface area contributed by atoms with Gasteiger partial charge in [-0.1, -0.05) is 0 Å². The number of furan rings is 1. The summed E-state index contributed by atoms with van der Waals surface area (Å²) < 4.78 is 5.68. The third-order valence-corrected chi connectivity index (χ3v) is 3.46. The van der Waals surface area contributed by atoms with E-state index in [1.807, 2.05) is 32.4 Å². The molecule has 0 radical (unpaired) electrons. The Balaban J connectivity index is 2.28. The lowest BCUT2D eigenvalue weighted by Gasteiger charge is -2.11. The maximum Gasteiger partial charge on any atom is 0.186 e. The second-order valence-corrected chi connectivity index (χ2v) is 5.77. The van der Waals surface area contributed by atoms with Crippen LogP contribution in [0.4, 0.5) is 0 Å². The minimum Gasteiger partial charge on any atom is -0.464 e. The highest BCUT2D eigenvalue weighted by molar-refractivity contribution is 7.98. The van der Waals surface area contributed by atoms with E-state index in [-0.39, 0.29) is 5.11 Å². The highest BCUT2D eigenvalue weighted by atomic mass is 32.2. The van der Waals surface area contributed by atoms with E-state index in [2.05, 4.69) is 4.90 Å². The van der Waals surface area contributed by atoms with E-state index in [0.717, 1.165) is 29.6 Å². The minimum atomic E-state index is 0.120. The van der Waals surface area contributed by atoms with Crippen molar-refractivity contribution in [1.82, 2.24) is 9.80 Å². The largest absolute Gasteiger partial charge is 0.464 e. The van der Waals surface area contributed by atoms with Gasteiger partial charge in [0.05, 0.1) is 12.3 Å². The Morgan fingerprint density at radius 3 is 2.74 bits per heavy atom. The first-order valence-corrected chi connectivity index (χ1v) is 7.36.